The van der Waals surface area contributed by atoms with Gasteiger partial charge in [0, 0.05) is 38.9 Å². The van der Waals surface area contributed by atoms with Crippen molar-refractivity contribution in [2.45, 2.75) is 45.2 Å². The third-order valence-corrected chi connectivity index (χ3v) is 5.83. The van der Waals surface area contributed by atoms with Gasteiger partial charge in [-0.25, -0.2) is 4.99 Å². The molecule has 0 spiro atoms. The van der Waals surface area contributed by atoms with Crippen molar-refractivity contribution >= 4 is 29.9 Å². The number of likely N-dealkylation sites (N-methyl/N-ethyl adjacent to an activating group) is 1. The minimum atomic E-state index is 0. The van der Waals surface area contributed by atoms with E-state index in [1.165, 1.54) is 12.8 Å². The first-order chi connectivity index (χ1) is 13.6. The molecular formula is C22H37IN4O2. The van der Waals surface area contributed by atoms with Crippen LogP contribution >= 0.6 is 24.0 Å². The molecule has 0 radical (unpaired) electrons. The zero-order chi connectivity index (χ0) is 19.8. The van der Waals surface area contributed by atoms with Gasteiger partial charge in [-0.3, -0.25) is 4.90 Å². The molecule has 6 nitrogen and oxygen atoms in total. The van der Waals surface area contributed by atoms with E-state index in [2.05, 4.69) is 40.9 Å². The average molecular weight is 516 g/mol. The van der Waals surface area contributed by atoms with Crippen molar-refractivity contribution in [2.24, 2.45) is 16.6 Å². The lowest BCUT2D eigenvalue weighted by Gasteiger charge is -2.31. The maximum atomic E-state index is 6.21. The normalized spacial score (nSPS) is 21.1. The molecule has 0 aromatic heterocycles. The Morgan fingerprint density at radius 3 is 2.86 bits per heavy atom. The Morgan fingerprint density at radius 1 is 1.31 bits per heavy atom. The van der Waals surface area contributed by atoms with E-state index >= 15 is 0 Å². The van der Waals surface area contributed by atoms with Crippen LogP contribution in [0.1, 0.15) is 38.2 Å². The highest BCUT2D eigenvalue weighted by Gasteiger charge is 2.18. The number of nitrogens with zero attached hydrogens (tertiary/aromatic N) is 3. The third-order valence-electron chi connectivity index (χ3n) is 5.83. The fourth-order valence-corrected chi connectivity index (χ4v) is 4.02. The van der Waals surface area contributed by atoms with E-state index in [1.54, 1.807) is 0 Å². The number of guanidine groups is 1. The van der Waals surface area contributed by atoms with E-state index in [0.29, 0.717) is 31.1 Å². The summed E-state index contributed by atoms with van der Waals surface area (Å²) in [6, 6.07) is 8.80. The van der Waals surface area contributed by atoms with Gasteiger partial charge < -0.3 is 20.1 Å². The van der Waals surface area contributed by atoms with Crippen LogP contribution in [0, 0.1) is 5.92 Å². The van der Waals surface area contributed by atoms with Crippen LogP contribution in [-0.2, 0) is 11.3 Å². The first kappa shape index (κ1) is 24.2. The van der Waals surface area contributed by atoms with Gasteiger partial charge in [0.1, 0.15) is 12.4 Å². The van der Waals surface area contributed by atoms with E-state index in [1.807, 2.05) is 12.1 Å². The van der Waals surface area contributed by atoms with Crippen LogP contribution in [-0.4, -0.2) is 68.3 Å². The van der Waals surface area contributed by atoms with Gasteiger partial charge in [0.2, 0.25) is 0 Å². The van der Waals surface area contributed by atoms with E-state index in [0.717, 1.165) is 57.0 Å². The van der Waals surface area contributed by atoms with E-state index in [4.69, 9.17) is 15.2 Å². The van der Waals surface area contributed by atoms with Gasteiger partial charge in [-0.05, 0) is 56.3 Å². The molecule has 2 saturated heterocycles. The van der Waals surface area contributed by atoms with Crippen molar-refractivity contribution in [3.8, 4) is 5.75 Å². The number of piperidine rings is 1. The van der Waals surface area contributed by atoms with Gasteiger partial charge in [0.05, 0.1) is 6.54 Å². The van der Waals surface area contributed by atoms with Crippen molar-refractivity contribution in [1.29, 1.82) is 0 Å². The molecular weight excluding hydrogens is 479 g/mol. The number of likely N-dealkylation sites (tertiary alicyclic amines) is 1. The second-order valence-corrected chi connectivity index (χ2v) is 8.19. The molecule has 1 atom stereocenters. The summed E-state index contributed by atoms with van der Waals surface area (Å²) in [7, 11) is 2.18. The number of rotatable bonds is 7. The quantitative estimate of drug-likeness (QED) is 0.342. The van der Waals surface area contributed by atoms with Crippen molar-refractivity contribution in [3.63, 3.8) is 0 Å². The Bertz CT molecular complexity index is 637. The smallest absolute Gasteiger partial charge is 0.191 e. The molecule has 0 aliphatic carbocycles. The van der Waals surface area contributed by atoms with Crippen LogP contribution in [0.15, 0.2) is 29.3 Å². The van der Waals surface area contributed by atoms with E-state index in [-0.39, 0.29) is 24.0 Å². The van der Waals surface area contributed by atoms with Crippen molar-refractivity contribution in [3.05, 3.63) is 29.8 Å². The zero-order valence-corrected chi connectivity index (χ0v) is 20.2. The standard InChI is InChI=1S/C22H36N4O2.HI/c1-18-5-4-10-26(17-18)22(23)24-16-19-6-3-7-21(15-19)28-14-11-25(2)20-8-12-27-13-9-20;/h3,6-7,15,18,20H,4-5,8-14,16-17H2,1-2H3,(H2,23,24);1H. The van der Waals surface area contributed by atoms with Crippen LogP contribution in [0.3, 0.4) is 0 Å². The Morgan fingerprint density at radius 2 is 2.10 bits per heavy atom. The number of ether oxygens (including phenoxy) is 2. The Kier molecular flexibility index (Phi) is 10.5. The first-order valence-electron chi connectivity index (χ1n) is 10.7. The lowest BCUT2D eigenvalue weighted by molar-refractivity contribution is 0.0392. The fourth-order valence-electron chi connectivity index (χ4n) is 4.02. The van der Waals surface area contributed by atoms with Crippen molar-refractivity contribution in [2.75, 3.05) is 46.5 Å². The first-order valence-corrected chi connectivity index (χ1v) is 10.7. The summed E-state index contributed by atoms with van der Waals surface area (Å²) >= 11 is 0. The van der Waals surface area contributed by atoms with Crippen LogP contribution < -0.4 is 10.5 Å². The molecule has 2 aliphatic heterocycles. The van der Waals surface area contributed by atoms with Crippen LogP contribution in [0.4, 0.5) is 0 Å². The highest BCUT2D eigenvalue weighted by Crippen LogP contribution is 2.17. The van der Waals surface area contributed by atoms with Crippen molar-refractivity contribution < 1.29 is 9.47 Å². The summed E-state index contributed by atoms with van der Waals surface area (Å²) in [6.45, 7) is 8.26. The number of hydrogen-bond acceptors (Lipinski definition) is 4. The SMILES string of the molecule is CC1CCCN(C(N)=NCc2cccc(OCCN(C)C3CCOCC3)c2)C1.I. The zero-order valence-electron chi connectivity index (χ0n) is 17.9. The molecule has 7 heteroatoms. The molecule has 1 aromatic carbocycles. The monoisotopic (exact) mass is 516 g/mol. The molecule has 164 valence electrons. The summed E-state index contributed by atoms with van der Waals surface area (Å²) in [6.07, 6.45) is 4.71. The summed E-state index contributed by atoms with van der Waals surface area (Å²) in [5, 5.41) is 0. The van der Waals surface area contributed by atoms with Gasteiger partial charge in [0.15, 0.2) is 5.96 Å². The molecule has 2 N–H and O–H groups in total. The number of benzene rings is 1. The van der Waals surface area contributed by atoms with Gasteiger partial charge in [-0.15, -0.1) is 24.0 Å². The molecule has 1 unspecified atom stereocenters. The molecule has 2 aliphatic rings. The molecule has 0 amide bonds. The lowest BCUT2D eigenvalue weighted by atomic mass is 10.0. The Balaban J connectivity index is 0.00000300. The minimum Gasteiger partial charge on any atom is -0.492 e. The number of halogens is 1. The molecule has 29 heavy (non-hydrogen) atoms. The molecule has 2 heterocycles. The minimum absolute atomic E-state index is 0. The second kappa shape index (κ2) is 12.6. The fraction of sp³-hybridized carbons (Fsp3) is 0.682. The third kappa shape index (κ3) is 7.94. The maximum Gasteiger partial charge on any atom is 0.191 e. The van der Waals surface area contributed by atoms with E-state index in [9.17, 15) is 0 Å². The second-order valence-electron chi connectivity index (χ2n) is 8.19. The summed E-state index contributed by atoms with van der Waals surface area (Å²) in [4.78, 5) is 9.20. The summed E-state index contributed by atoms with van der Waals surface area (Å²) in [5.41, 5.74) is 7.34. The Labute approximate surface area is 192 Å². The van der Waals surface area contributed by atoms with Crippen LogP contribution in [0.25, 0.3) is 0 Å². The van der Waals surface area contributed by atoms with Gasteiger partial charge in [-0.1, -0.05) is 19.1 Å². The molecule has 1 aromatic rings. The largest absolute Gasteiger partial charge is 0.492 e. The molecule has 0 saturated carbocycles. The van der Waals surface area contributed by atoms with Crippen LogP contribution in [0.2, 0.25) is 0 Å². The number of nitrogens with two attached hydrogens (primary N) is 1. The molecule has 0 bridgehead atoms. The summed E-state index contributed by atoms with van der Waals surface area (Å²) in [5.74, 6) is 2.26. The molecule has 3 rings (SSSR count). The van der Waals surface area contributed by atoms with Crippen molar-refractivity contribution in [1.82, 2.24) is 9.80 Å². The predicted octanol–water partition coefficient (Wildman–Crippen LogP) is 3.34. The van der Waals surface area contributed by atoms with Gasteiger partial charge in [0.25, 0.3) is 0 Å². The average Bonchev–Trinajstić information content (AvgIpc) is 2.73. The number of aliphatic imine (C=N–C) groups is 1. The molecule has 2 fully saturated rings. The predicted molar refractivity (Wildman–Crippen MR) is 129 cm³/mol. The lowest BCUT2D eigenvalue weighted by Crippen LogP contribution is -2.43. The maximum absolute atomic E-state index is 6.21. The Hall–Kier alpha value is -1.06. The van der Waals surface area contributed by atoms with E-state index < -0.39 is 0 Å². The van der Waals surface area contributed by atoms with Crippen LogP contribution in [0.5, 0.6) is 5.75 Å². The highest BCUT2D eigenvalue weighted by molar-refractivity contribution is 14.0. The van der Waals surface area contributed by atoms with Gasteiger partial charge in [-0.2, -0.15) is 0 Å². The van der Waals surface area contributed by atoms with Gasteiger partial charge >= 0.3 is 0 Å². The summed E-state index contributed by atoms with van der Waals surface area (Å²) < 4.78 is 11.4. The highest BCUT2D eigenvalue weighted by atomic mass is 127. The number of hydrogen-bond donors (Lipinski definition) is 1. The topological polar surface area (TPSA) is 63.3 Å².